The van der Waals surface area contributed by atoms with Gasteiger partial charge in [0, 0.05) is 50.8 Å². The number of nitrogens with zero attached hydrogens (tertiary/aromatic N) is 2. The Labute approximate surface area is 114 Å². The van der Waals surface area contributed by atoms with Crippen molar-refractivity contribution in [2.24, 2.45) is 0 Å². The van der Waals surface area contributed by atoms with E-state index in [4.69, 9.17) is 0 Å². The van der Waals surface area contributed by atoms with Crippen LogP contribution in [0.1, 0.15) is 30.6 Å². The van der Waals surface area contributed by atoms with E-state index in [0.717, 1.165) is 37.4 Å². The van der Waals surface area contributed by atoms with E-state index in [1.165, 1.54) is 0 Å². The fraction of sp³-hybridized carbons (Fsp3) is 0.467. The summed E-state index contributed by atoms with van der Waals surface area (Å²) in [6.07, 6.45) is 0.518. The molecule has 1 fully saturated rings. The van der Waals surface area contributed by atoms with Crippen LogP contribution >= 0.6 is 0 Å². The van der Waals surface area contributed by atoms with Crippen LogP contribution in [0.5, 0.6) is 0 Å². The molecule has 0 bridgehead atoms. The lowest BCUT2D eigenvalue weighted by Gasteiger charge is -2.36. The summed E-state index contributed by atoms with van der Waals surface area (Å²) in [7, 11) is 0. The number of rotatable bonds is 3. The molecule has 1 aromatic carbocycles. The number of amides is 1. The van der Waals surface area contributed by atoms with Gasteiger partial charge in [-0.05, 0) is 12.1 Å². The fourth-order valence-electron chi connectivity index (χ4n) is 2.44. The van der Waals surface area contributed by atoms with Gasteiger partial charge in [0.1, 0.15) is 0 Å². The molecule has 0 aliphatic carbocycles. The molecule has 0 radical (unpaired) electrons. The molecule has 2 rings (SSSR count). The van der Waals surface area contributed by atoms with Gasteiger partial charge in [-0.3, -0.25) is 9.59 Å². The van der Waals surface area contributed by atoms with Crippen molar-refractivity contribution in [2.45, 2.75) is 20.3 Å². The lowest BCUT2D eigenvalue weighted by molar-refractivity contribution is -0.129. The molecular weight excluding hydrogens is 240 g/mol. The molecule has 0 aromatic heterocycles. The first kappa shape index (κ1) is 13.6. The van der Waals surface area contributed by atoms with Gasteiger partial charge < -0.3 is 9.80 Å². The number of ketones is 1. The molecule has 4 nitrogen and oxygen atoms in total. The van der Waals surface area contributed by atoms with E-state index in [9.17, 15) is 9.59 Å². The van der Waals surface area contributed by atoms with Crippen molar-refractivity contribution >= 4 is 17.4 Å². The molecule has 1 heterocycles. The van der Waals surface area contributed by atoms with Crippen molar-refractivity contribution in [1.29, 1.82) is 0 Å². The van der Waals surface area contributed by atoms with E-state index in [0.29, 0.717) is 6.42 Å². The van der Waals surface area contributed by atoms with E-state index in [1.54, 1.807) is 6.92 Å². The zero-order chi connectivity index (χ0) is 13.8. The zero-order valence-electron chi connectivity index (χ0n) is 11.6. The Morgan fingerprint density at radius 1 is 1.11 bits per heavy atom. The van der Waals surface area contributed by atoms with Crippen LogP contribution < -0.4 is 4.90 Å². The van der Waals surface area contributed by atoms with Crippen LogP contribution in [0.2, 0.25) is 0 Å². The topological polar surface area (TPSA) is 40.6 Å². The van der Waals surface area contributed by atoms with Crippen LogP contribution in [0.15, 0.2) is 24.3 Å². The summed E-state index contributed by atoms with van der Waals surface area (Å²) in [5, 5.41) is 0. The summed E-state index contributed by atoms with van der Waals surface area (Å²) in [5.41, 5.74) is 1.79. The maximum absolute atomic E-state index is 12.0. The van der Waals surface area contributed by atoms with Crippen molar-refractivity contribution in [3.05, 3.63) is 29.8 Å². The molecule has 1 aliphatic heterocycles. The molecule has 1 aliphatic rings. The van der Waals surface area contributed by atoms with Crippen molar-refractivity contribution in [2.75, 3.05) is 31.1 Å². The molecule has 0 atom stereocenters. The highest BCUT2D eigenvalue weighted by molar-refractivity contribution is 6.01. The molecule has 0 saturated carbocycles. The summed E-state index contributed by atoms with van der Waals surface area (Å²) in [6, 6.07) is 7.74. The lowest BCUT2D eigenvalue weighted by atomic mass is 10.1. The maximum atomic E-state index is 12.0. The van der Waals surface area contributed by atoms with Gasteiger partial charge in [-0.1, -0.05) is 19.1 Å². The van der Waals surface area contributed by atoms with Crippen molar-refractivity contribution < 1.29 is 9.59 Å². The summed E-state index contributed by atoms with van der Waals surface area (Å²) >= 11 is 0. The van der Waals surface area contributed by atoms with Crippen molar-refractivity contribution in [3.63, 3.8) is 0 Å². The van der Waals surface area contributed by atoms with E-state index in [-0.39, 0.29) is 11.7 Å². The smallest absolute Gasteiger partial charge is 0.219 e. The van der Waals surface area contributed by atoms with Gasteiger partial charge in [-0.15, -0.1) is 0 Å². The fourth-order valence-corrected chi connectivity index (χ4v) is 2.44. The number of hydrogen-bond donors (Lipinski definition) is 0. The Bertz CT molecular complexity index is 477. The molecule has 0 unspecified atom stereocenters. The average Bonchev–Trinajstić information content (AvgIpc) is 2.46. The zero-order valence-corrected chi connectivity index (χ0v) is 11.6. The highest BCUT2D eigenvalue weighted by atomic mass is 16.2. The van der Waals surface area contributed by atoms with Crippen LogP contribution in [0, 0.1) is 0 Å². The van der Waals surface area contributed by atoms with Gasteiger partial charge in [-0.2, -0.15) is 0 Å². The third kappa shape index (κ3) is 2.95. The highest BCUT2D eigenvalue weighted by Crippen LogP contribution is 2.23. The Hall–Kier alpha value is -1.84. The van der Waals surface area contributed by atoms with Gasteiger partial charge >= 0.3 is 0 Å². The van der Waals surface area contributed by atoms with E-state index >= 15 is 0 Å². The minimum Gasteiger partial charge on any atom is -0.367 e. The predicted molar refractivity (Wildman–Crippen MR) is 75.5 cm³/mol. The molecule has 0 N–H and O–H groups in total. The second kappa shape index (κ2) is 5.87. The number of para-hydroxylation sites is 1. The predicted octanol–water partition coefficient (Wildman–Crippen LogP) is 1.95. The third-order valence-electron chi connectivity index (χ3n) is 3.59. The first-order valence-corrected chi connectivity index (χ1v) is 6.76. The standard InChI is InChI=1S/C15H20N2O2/c1-3-15(19)13-6-4-5-7-14(13)17-10-8-16(9-11-17)12(2)18/h4-7H,3,8-11H2,1-2H3. The number of piperazine rings is 1. The normalized spacial score (nSPS) is 15.5. The SMILES string of the molecule is CCC(=O)c1ccccc1N1CCN(C(C)=O)CC1. The monoisotopic (exact) mass is 260 g/mol. The number of anilines is 1. The number of benzene rings is 1. The van der Waals surface area contributed by atoms with Crippen LogP contribution in [-0.2, 0) is 4.79 Å². The van der Waals surface area contributed by atoms with E-state index < -0.39 is 0 Å². The minimum atomic E-state index is 0.123. The number of carbonyl (C=O) groups excluding carboxylic acids is 2. The molecule has 102 valence electrons. The third-order valence-corrected chi connectivity index (χ3v) is 3.59. The van der Waals surface area contributed by atoms with E-state index in [2.05, 4.69) is 4.90 Å². The first-order chi connectivity index (χ1) is 9.13. The summed E-state index contributed by atoms with van der Waals surface area (Å²) in [5.74, 6) is 0.294. The van der Waals surface area contributed by atoms with Gasteiger partial charge in [0.05, 0.1) is 0 Å². The second-order valence-corrected chi connectivity index (χ2v) is 4.79. The molecule has 19 heavy (non-hydrogen) atoms. The first-order valence-electron chi connectivity index (χ1n) is 6.76. The van der Waals surface area contributed by atoms with Crippen LogP contribution in [0.4, 0.5) is 5.69 Å². The Morgan fingerprint density at radius 3 is 2.32 bits per heavy atom. The Morgan fingerprint density at radius 2 is 1.74 bits per heavy atom. The van der Waals surface area contributed by atoms with Crippen LogP contribution in [0.3, 0.4) is 0 Å². The minimum absolute atomic E-state index is 0.123. The molecule has 0 spiro atoms. The van der Waals surface area contributed by atoms with Crippen molar-refractivity contribution in [3.8, 4) is 0 Å². The second-order valence-electron chi connectivity index (χ2n) is 4.79. The van der Waals surface area contributed by atoms with Crippen LogP contribution in [-0.4, -0.2) is 42.8 Å². The largest absolute Gasteiger partial charge is 0.367 e. The van der Waals surface area contributed by atoms with Gasteiger partial charge in [0.15, 0.2) is 5.78 Å². The quantitative estimate of drug-likeness (QED) is 0.780. The summed E-state index contributed by atoms with van der Waals surface area (Å²) in [4.78, 5) is 27.3. The summed E-state index contributed by atoms with van der Waals surface area (Å²) < 4.78 is 0. The van der Waals surface area contributed by atoms with Gasteiger partial charge in [0.25, 0.3) is 0 Å². The summed E-state index contributed by atoms with van der Waals surface area (Å²) in [6.45, 7) is 6.51. The van der Waals surface area contributed by atoms with Crippen LogP contribution in [0.25, 0.3) is 0 Å². The average molecular weight is 260 g/mol. The molecule has 1 amide bonds. The van der Waals surface area contributed by atoms with Gasteiger partial charge in [0.2, 0.25) is 5.91 Å². The lowest BCUT2D eigenvalue weighted by Crippen LogP contribution is -2.48. The van der Waals surface area contributed by atoms with Gasteiger partial charge in [-0.25, -0.2) is 0 Å². The number of hydrogen-bond acceptors (Lipinski definition) is 3. The van der Waals surface area contributed by atoms with E-state index in [1.807, 2.05) is 36.1 Å². The number of Topliss-reactive ketones (excluding diaryl/α,β-unsaturated/α-hetero) is 1. The Kier molecular flexibility index (Phi) is 4.20. The number of carbonyl (C=O) groups is 2. The highest BCUT2D eigenvalue weighted by Gasteiger charge is 2.21. The molecular formula is C15H20N2O2. The molecule has 4 heteroatoms. The molecule has 1 saturated heterocycles. The Balaban J connectivity index is 2.15. The van der Waals surface area contributed by atoms with Crippen molar-refractivity contribution in [1.82, 2.24) is 4.90 Å². The maximum Gasteiger partial charge on any atom is 0.219 e. The molecule has 1 aromatic rings.